The lowest BCUT2D eigenvalue weighted by molar-refractivity contribution is -0.159. The molecule has 3 rings (SSSR count). The Bertz CT molecular complexity index is 855. The van der Waals surface area contributed by atoms with Crippen molar-refractivity contribution in [3.8, 4) is 0 Å². The molecule has 30 heavy (non-hydrogen) atoms. The first-order valence-corrected chi connectivity index (χ1v) is 10.4. The summed E-state index contributed by atoms with van der Waals surface area (Å²) in [5, 5.41) is 0. The van der Waals surface area contributed by atoms with Crippen LogP contribution < -0.4 is 11.4 Å². The summed E-state index contributed by atoms with van der Waals surface area (Å²) in [6.45, 7) is 0.181. The molecule has 2 N–H and O–H groups in total. The van der Waals surface area contributed by atoms with E-state index in [1.807, 2.05) is 6.07 Å². The molecular formula is C22H29N3O5. The van der Waals surface area contributed by atoms with Gasteiger partial charge in [-0.2, -0.15) is 4.98 Å². The summed E-state index contributed by atoms with van der Waals surface area (Å²) in [5.74, 6) is -0.113. The van der Waals surface area contributed by atoms with Gasteiger partial charge in [0.2, 0.25) is 0 Å². The molecule has 1 aliphatic rings. The zero-order chi connectivity index (χ0) is 21.2. The number of benzene rings is 1. The summed E-state index contributed by atoms with van der Waals surface area (Å²) in [6, 6.07) is 12.0. The summed E-state index contributed by atoms with van der Waals surface area (Å²) in [5.41, 5.74) is 6.34. The van der Waals surface area contributed by atoms with Gasteiger partial charge < -0.3 is 19.9 Å². The van der Waals surface area contributed by atoms with Crippen LogP contribution in [0.5, 0.6) is 0 Å². The Balaban J connectivity index is 1.23. The second-order valence-electron chi connectivity index (χ2n) is 7.33. The van der Waals surface area contributed by atoms with Crippen molar-refractivity contribution >= 4 is 11.8 Å². The lowest BCUT2D eigenvalue weighted by atomic mass is 10.1. The minimum absolute atomic E-state index is 0.00353. The molecule has 1 fully saturated rings. The van der Waals surface area contributed by atoms with Gasteiger partial charge in [0.15, 0.2) is 12.5 Å². The van der Waals surface area contributed by atoms with E-state index >= 15 is 0 Å². The standard InChI is InChI=1S/C22H29N3O5/c23-18-13-14-25(22(27)24-18)19-15-29-21(30-19)16-28-20(26)12-8-3-1-2-5-9-17-10-6-4-7-11-17/h4,6-7,10-11,13-14,19,21H,1-3,5,8-9,12,15-16H2,(H2,23,24,27). The minimum Gasteiger partial charge on any atom is -0.460 e. The van der Waals surface area contributed by atoms with Crippen LogP contribution in [0.25, 0.3) is 0 Å². The molecule has 0 bridgehead atoms. The predicted octanol–water partition coefficient (Wildman–Crippen LogP) is 2.82. The Morgan fingerprint density at radius 1 is 1.13 bits per heavy atom. The Labute approximate surface area is 176 Å². The van der Waals surface area contributed by atoms with Gasteiger partial charge in [0.05, 0.1) is 6.61 Å². The number of hydrogen-bond acceptors (Lipinski definition) is 7. The monoisotopic (exact) mass is 415 g/mol. The van der Waals surface area contributed by atoms with Gasteiger partial charge in [-0.05, 0) is 30.9 Å². The van der Waals surface area contributed by atoms with E-state index in [2.05, 4.69) is 29.2 Å². The molecule has 2 aromatic rings. The van der Waals surface area contributed by atoms with Crippen LogP contribution in [0.2, 0.25) is 0 Å². The molecule has 0 amide bonds. The molecule has 1 saturated heterocycles. The molecule has 0 radical (unpaired) electrons. The third kappa shape index (κ3) is 6.96. The van der Waals surface area contributed by atoms with Crippen molar-refractivity contribution in [1.82, 2.24) is 9.55 Å². The number of nitrogens with two attached hydrogens (primary N) is 1. The van der Waals surface area contributed by atoms with Crippen molar-refractivity contribution in [3.05, 3.63) is 58.6 Å². The quantitative estimate of drug-likeness (QED) is 0.444. The summed E-state index contributed by atoms with van der Waals surface area (Å²) in [4.78, 5) is 27.4. The number of esters is 1. The molecule has 162 valence electrons. The van der Waals surface area contributed by atoms with Gasteiger partial charge in [-0.3, -0.25) is 9.36 Å². The van der Waals surface area contributed by atoms with Crippen molar-refractivity contribution < 1.29 is 19.0 Å². The summed E-state index contributed by atoms with van der Waals surface area (Å²) in [6.07, 6.45) is 6.95. The van der Waals surface area contributed by atoms with Crippen molar-refractivity contribution in [2.24, 2.45) is 0 Å². The topological polar surface area (TPSA) is 106 Å². The van der Waals surface area contributed by atoms with Crippen molar-refractivity contribution in [1.29, 1.82) is 0 Å². The number of ether oxygens (including phenoxy) is 3. The zero-order valence-electron chi connectivity index (χ0n) is 17.1. The van der Waals surface area contributed by atoms with Crippen LogP contribution in [0.1, 0.15) is 50.3 Å². The molecule has 1 aliphatic heterocycles. The number of unbranched alkanes of at least 4 members (excludes halogenated alkanes) is 4. The number of carbonyl (C=O) groups excluding carboxylic acids is 1. The average molecular weight is 415 g/mol. The first-order valence-electron chi connectivity index (χ1n) is 10.4. The van der Waals surface area contributed by atoms with Gasteiger partial charge in [0.1, 0.15) is 12.4 Å². The zero-order valence-corrected chi connectivity index (χ0v) is 17.1. The highest BCUT2D eigenvalue weighted by molar-refractivity contribution is 5.69. The highest BCUT2D eigenvalue weighted by Gasteiger charge is 2.29. The predicted molar refractivity (Wildman–Crippen MR) is 112 cm³/mol. The first-order chi connectivity index (χ1) is 14.6. The van der Waals surface area contributed by atoms with Crippen LogP contribution in [-0.2, 0) is 25.4 Å². The van der Waals surface area contributed by atoms with Crippen molar-refractivity contribution in [2.75, 3.05) is 18.9 Å². The highest BCUT2D eigenvalue weighted by Crippen LogP contribution is 2.20. The number of aryl methyl sites for hydroxylation is 1. The molecule has 1 aromatic heterocycles. The lowest BCUT2D eigenvalue weighted by Gasteiger charge is -2.13. The summed E-state index contributed by atoms with van der Waals surface area (Å²) < 4.78 is 17.6. The fourth-order valence-corrected chi connectivity index (χ4v) is 3.33. The minimum atomic E-state index is -0.693. The van der Waals surface area contributed by atoms with E-state index in [0.29, 0.717) is 6.42 Å². The second kappa shape index (κ2) is 11.5. The van der Waals surface area contributed by atoms with E-state index in [0.717, 1.165) is 32.1 Å². The van der Waals surface area contributed by atoms with E-state index in [1.165, 1.54) is 28.8 Å². The van der Waals surface area contributed by atoms with Crippen LogP contribution >= 0.6 is 0 Å². The van der Waals surface area contributed by atoms with E-state index < -0.39 is 18.2 Å². The number of anilines is 1. The van der Waals surface area contributed by atoms with Gasteiger partial charge in [0.25, 0.3) is 0 Å². The van der Waals surface area contributed by atoms with Crippen LogP contribution in [0.4, 0.5) is 5.82 Å². The van der Waals surface area contributed by atoms with E-state index in [9.17, 15) is 9.59 Å². The van der Waals surface area contributed by atoms with Crippen LogP contribution in [-0.4, -0.2) is 35.0 Å². The maximum absolute atomic E-state index is 11.9. The van der Waals surface area contributed by atoms with Gasteiger partial charge in [-0.15, -0.1) is 0 Å². The van der Waals surface area contributed by atoms with Gasteiger partial charge in [-0.25, -0.2) is 4.79 Å². The molecule has 2 atom stereocenters. The Morgan fingerprint density at radius 2 is 1.90 bits per heavy atom. The van der Waals surface area contributed by atoms with Crippen LogP contribution in [0.3, 0.4) is 0 Å². The third-order valence-corrected chi connectivity index (χ3v) is 4.96. The lowest BCUT2D eigenvalue weighted by Crippen LogP contribution is -2.29. The molecule has 8 heteroatoms. The molecule has 1 aromatic carbocycles. The number of carbonyl (C=O) groups is 1. The largest absolute Gasteiger partial charge is 0.460 e. The van der Waals surface area contributed by atoms with Crippen LogP contribution in [0, 0.1) is 0 Å². The van der Waals surface area contributed by atoms with Gasteiger partial charge in [0, 0.05) is 12.6 Å². The Hall–Kier alpha value is -2.71. The number of rotatable bonds is 11. The smallest absolute Gasteiger partial charge is 0.351 e. The van der Waals surface area contributed by atoms with Crippen molar-refractivity contribution in [2.45, 2.75) is 57.5 Å². The molecule has 0 aliphatic carbocycles. The SMILES string of the molecule is Nc1ccn(C2COC(COC(=O)CCCCCCCc3ccccc3)O2)c(=O)n1. The number of nitrogens with zero attached hydrogens (tertiary/aromatic N) is 2. The molecular weight excluding hydrogens is 386 g/mol. The fraction of sp³-hybridized carbons (Fsp3) is 0.500. The third-order valence-electron chi connectivity index (χ3n) is 4.96. The maximum Gasteiger partial charge on any atom is 0.351 e. The van der Waals surface area contributed by atoms with Crippen molar-refractivity contribution in [3.63, 3.8) is 0 Å². The number of aromatic nitrogens is 2. The summed E-state index contributed by atoms with van der Waals surface area (Å²) >= 11 is 0. The number of nitrogen functional groups attached to an aromatic ring is 1. The molecule has 0 saturated carbocycles. The second-order valence-corrected chi connectivity index (χ2v) is 7.33. The average Bonchev–Trinajstić information content (AvgIpc) is 3.21. The van der Waals surface area contributed by atoms with E-state index in [-0.39, 0.29) is 25.0 Å². The first kappa shape index (κ1) is 22.0. The normalized spacial score (nSPS) is 18.4. The molecule has 2 heterocycles. The highest BCUT2D eigenvalue weighted by atomic mass is 16.7. The van der Waals surface area contributed by atoms with Gasteiger partial charge >= 0.3 is 11.7 Å². The number of hydrogen-bond donors (Lipinski definition) is 1. The fourth-order valence-electron chi connectivity index (χ4n) is 3.33. The molecule has 2 unspecified atom stereocenters. The maximum atomic E-state index is 11.9. The van der Waals surface area contributed by atoms with E-state index in [1.54, 1.807) is 0 Å². The van der Waals surface area contributed by atoms with Crippen LogP contribution in [0.15, 0.2) is 47.4 Å². The van der Waals surface area contributed by atoms with Gasteiger partial charge in [-0.1, -0.05) is 49.6 Å². The Kier molecular flexibility index (Phi) is 8.41. The summed E-state index contributed by atoms with van der Waals surface area (Å²) in [7, 11) is 0. The molecule has 8 nitrogen and oxygen atoms in total. The molecule has 0 spiro atoms. The Morgan fingerprint density at radius 3 is 2.70 bits per heavy atom. The van der Waals surface area contributed by atoms with E-state index in [4.69, 9.17) is 19.9 Å².